The second kappa shape index (κ2) is 4.64. The molecule has 0 bridgehead atoms. The maximum absolute atomic E-state index is 12.2. The van der Waals surface area contributed by atoms with Crippen molar-refractivity contribution in [2.75, 3.05) is 0 Å². The average Bonchev–Trinajstić information content (AvgIpc) is 2.32. The first-order valence-corrected chi connectivity index (χ1v) is 5.96. The molecular formula is C12H14N2O6. The van der Waals surface area contributed by atoms with Crippen LogP contribution in [-0.2, 0) is 6.54 Å². The van der Waals surface area contributed by atoms with Crippen molar-refractivity contribution in [2.45, 2.75) is 32.7 Å². The van der Waals surface area contributed by atoms with Gasteiger partial charge in [-0.3, -0.25) is 9.59 Å². The van der Waals surface area contributed by atoms with Gasteiger partial charge in [0.25, 0.3) is 5.91 Å². The zero-order chi connectivity index (χ0) is 15.2. The summed E-state index contributed by atoms with van der Waals surface area (Å²) in [6, 6.07) is -0.333. The Morgan fingerprint density at radius 2 is 2.00 bits per heavy atom. The number of aromatic nitrogens is 1. The van der Waals surface area contributed by atoms with Gasteiger partial charge >= 0.3 is 5.97 Å². The van der Waals surface area contributed by atoms with Gasteiger partial charge in [0.15, 0.2) is 11.4 Å². The molecule has 0 saturated carbocycles. The molecule has 2 heterocycles. The first kappa shape index (κ1) is 14.1. The van der Waals surface area contributed by atoms with E-state index < -0.39 is 34.8 Å². The summed E-state index contributed by atoms with van der Waals surface area (Å²) in [7, 11) is 0. The molecule has 1 atom stereocenters. The van der Waals surface area contributed by atoms with Crippen LogP contribution in [0.2, 0.25) is 0 Å². The molecule has 0 aromatic carbocycles. The van der Waals surface area contributed by atoms with Gasteiger partial charge in [-0.25, -0.2) is 4.79 Å². The maximum Gasteiger partial charge on any atom is 0.341 e. The predicted octanol–water partition coefficient (Wildman–Crippen LogP) is -0.565. The van der Waals surface area contributed by atoms with Crippen LogP contribution in [0.1, 0.15) is 34.7 Å². The first-order chi connectivity index (χ1) is 9.25. The minimum absolute atomic E-state index is 0.118. The van der Waals surface area contributed by atoms with Crippen molar-refractivity contribution in [1.29, 1.82) is 0 Å². The SMILES string of the molecule is CC(C)N1C(=O)c2c(O)c(=O)c(C(=O)O)cn2CC1O. The van der Waals surface area contributed by atoms with Gasteiger partial charge in [-0.05, 0) is 13.8 Å². The molecule has 1 aromatic rings. The summed E-state index contributed by atoms with van der Waals surface area (Å²) < 4.78 is 1.09. The van der Waals surface area contributed by atoms with Crippen LogP contribution in [0.25, 0.3) is 0 Å². The Bertz CT molecular complexity index is 648. The van der Waals surface area contributed by atoms with Crippen LogP contribution < -0.4 is 5.43 Å². The molecule has 1 aliphatic heterocycles. The van der Waals surface area contributed by atoms with E-state index in [0.29, 0.717) is 0 Å². The number of fused-ring (bicyclic) bond motifs is 1. The number of aliphatic hydroxyl groups is 1. The summed E-state index contributed by atoms with van der Waals surface area (Å²) in [4.78, 5) is 36.0. The topological polar surface area (TPSA) is 120 Å². The Hall–Kier alpha value is -2.35. The van der Waals surface area contributed by atoms with Crippen molar-refractivity contribution >= 4 is 11.9 Å². The third kappa shape index (κ3) is 1.94. The molecule has 8 nitrogen and oxygen atoms in total. The minimum Gasteiger partial charge on any atom is -0.503 e. The summed E-state index contributed by atoms with van der Waals surface area (Å²) in [5.74, 6) is -3.13. The third-order valence-electron chi connectivity index (χ3n) is 3.16. The molecule has 108 valence electrons. The number of rotatable bonds is 2. The number of hydrogen-bond donors (Lipinski definition) is 3. The Morgan fingerprint density at radius 1 is 1.40 bits per heavy atom. The Kier molecular flexibility index (Phi) is 3.26. The van der Waals surface area contributed by atoms with Crippen molar-refractivity contribution < 1.29 is 24.9 Å². The van der Waals surface area contributed by atoms with E-state index >= 15 is 0 Å². The van der Waals surface area contributed by atoms with Gasteiger partial charge in [0.2, 0.25) is 5.43 Å². The molecule has 0 aliphatic carbocycles. The van der Waals surface area contributed by atoms with Crippen LogP contribution in [0, 0.1) is 0 Å². The number of amides is 1. The summed E-state index contributed by atoms with van der Waals surface area (Å²) >= 11 is 0. The lowest BCUT2D eigenvalue weighted by Gasteiger charge is -2.37. The van der Waals surface area contributed by atoms with Gasteiger partial charge < -0.3 is 24.8 Å². The van der Waals surface area contributed by atoms with E-state index in [2.05, 4.69) is 0 Å². The molecule has 0 fully saturated rings. The molecule has 3 N–H and O–H groups in total. The number of carbonyl (C=O) groups excluding carboxylic acids is 1. The Balaban J connectivity index is 2.69. The number of carboxylic acid groups (broad SMARTS) is 1. The number of aromatic carboxylic acids is 1. The largest absolute Gasteiger partial charge is 0.503 e. The highest BCUT2D eigenvalue weighted by Crippen LogP contribution is 2.24. The fourth-order valence-corrected chi connectivity index (χ4v) is 2.27. The Labute approximate surface area is 113 Å². The second-order valence-corrected chi connectivity index (χ2v) is 4.81. The van der Waals surface area contributed by atoms with Crippen molar-refractivity contribution in [3.8, 4) is 5.75 Å². The number of hydrogen-bond acceptors (Lipinski definition) is 5. The van der Waals surface area contributed by atoms with Gasteiger partial charge in [-0.1, -0.05) is 0 Å². The first-order valence-electron chi connectivity index (χ1n) is 5.96. The fraction of sp³-hybridized carbons (Fsp3) is 0.417. The minimum atomic E-state index is -1.51. The zero-order valence-corrected chi connectivity index (χ0v) is 10.9. The molecule has 20 heavy (non-hydrogen) atoms. The van der Waals surface area contributed by atoms with Crippen molar-refractivity contribution in [3.63, 3.8) is 0 Å². The Morgan fingerprint density at radius 3 is 2.50 bits per heavy atom. The number of nitrogens with zero attached hydrogens (tertiary/aromatic N) is 2. The van der Waals surface area contributed by atoms with Crippen molar-refractivity contribution in [2.24, 2.45) is 0 Å². The molecule has 1 unspecified atom stereocenters. The van der Waals surface area contributed by atoms with Gasteiger partial charge in [0.1, 0.15) is 11.8 Å². The van der Waals surface area contributed by atoms with E-state index in [1.54, 1.807) is 13.8 Å². The van der Waals surface area contributed by atoms with E-state index in [4.69, 9.17) is 5.11 Å². The number of carbonyl (C=O) groups is 2. The summed E-state index contributed by atoms with van der Waals surface area (Å²) in [6.45, 7) is 3.24. The normalized spacial score (nSPS) is 18.3. The highest BCUT2D eigenvalue weighted by Gasteiger charge is 2.36. The highest BCUT2D eigenvalue weighted by molar-refractivity contribution is 5.97. The van der Waals surface area contributed by atoms with Gasteiger partial charge in [-0.15, -0.1) is 0 Å². The molecule has 2 rings (SSSR count). The molecule has 1 aliphatic rings. The van der Waals surface area contributed by atoms with Crippen LogP contribution >= 0.6 is 0 Å². The quantitative estimate of drug-likeness (QED) is 0.668. The number of aliphatic hydroxyl groups excluding tert-OH is 1. The lowest BCUT2D eigenvalue weighted by atomic mass is 10.1. The maximum atomic E-state index is 12.2. The fourth-order valence-electron chi connectivity index (χ4n) is 2.27. The van der Waals surface area contributed by atoms with Gasteiger partial charge in [0.05, 0.1) is 6.54 Å². The van der Waals surface area contributed by atoms with Crippen LogP contribution in [0.4, 0.5) is 0 Å². The van der Waals surface area contributed by atoms with Crippen molar-refractivity contribution in [1.82, 2.24) is 9.47 Å². The molecule has 8 heteroatoms. The van der Waals surface area contributed by atoms with Crippen LogP contribution in [-0.4, -0.2) is 48.9 Å². The summed E-state index contributed by atoms with van der Waals surface area (Å²) in [5, 5.41) is 28.6. The van der Waals surface area contributed by atoms with Gasteiger partial charge in [0, 0.05) is 12.2 Å². The van der Waals surface area contributed by atoms with E-state index in [0.717, 1.165) is 15.7 Å². The molecule has 0 saturated heterocycles. The number of carboxylic acids is 1. The smallest absolute Gasteiger partial charge is 0.341 e. The van der Waals surface area contributed by atoms with Crippen molar-refractivity contribution in [3.05, 3.63) is 27.7 Å². The van der Waals surface area contributed by atoms with E-state index in [-0.39, 0.29) is 18.3 Å². The van der Waals surface area contributed by atoms with E-state index in [1.165, 1.54) is 0 Å². The molecule has 1 aromatic heterocycles. The molecular weight excluding hydrogens is 268 g/mol. The number of aromatic hydroxyl groups is 1. The molecule has 0 radical (unpaired) electrons. The number of pyridine rings is 1. The van der Waals surface area contributed by atoms with Crippen LogP contribution in [0.3, 0.4) is 0 Å². The van der Waals surface area contributed by atoms with E-state index in [1.807, 2.05) is 0 Å². The summed E-state index contributed by atoms with van der Waals surface area (Å²) in [5.41, 5.74) is -2.07. The highest BCUT2D eigenvalue weighted by atomic mass is 16.4. The summed E-state index contributed by atoms with van der Waals surface area (Å²) in [6.07, 6.45) is -0.197. The van der Waals surface area contributed by atoms with Crippen LogP contribution in [0.5, 0.6) is 5.75 Å². The molecule has 0 spiro atoms. The molecule has 1 amide bonds. The van der Waals surface area contributed by atoms with Crippen LogP contribution in [0.15, 0.2) is 11.0 Å². The zero-order valence-electron chi connectivity index (χ0n) is 10.9. The monoisotopic (exact) mass is 282 g/mol. The third-order valence-corrected chi connectivity index (χ3v) is 3.16. The lowest BCUT2D eigenvalue weighted by molar-refractivity contribution is -0.0255. The average molecular weight is 282 g/mol. The lowest BCUT2D eigenvalue weighted by Crippen LogP contribution is -2.52. The van der Waals surface area contributed by atoms with Gasteiger partial charge in [-0.2, -0.15) is 0 Å². The standard InChI is InChI=1S/C12H14N2O6/c1-5(2)14-7(15)4-13-3-6(12(19)20)9(16)10(17)8(13)11(14)18/h3,5,7,15,17H,4H2,1-2H3,(H,19,20). The second-order valence-electron chi connectivity index (χ2n) is 4.81. The predicted molar refractivity (Wildman–Crippen MR) is 66.6 cm³/mol. The van der Waals surface area contributed by atoms with E-state index in [9.17, 15) is 24.6 Å².